The Balaban J connectivity index is 2.02. The average Bonchev–Trinajstić information content (AvgIpc) is 2.36. The van der Waals surface area contributed by atoms with Crippen LogP contribution < -0.4 is 15.8 Å². The highest BCUT2D eigenvalue weighted by molar-refractivity contribution is 5.51. The highest BCUT2D eigenvalue weighted by Gasteiger charge is 2.16. The molecule has 0 unspecified atom stereocenters. The van der Waals surface area contributed by atoms with E-state index in [0.717, 1.165) is 37.4 Å². The van der Waals surface area contributed by atoms with Crippen molar-refractivity contribution in [2.45, 2.75) is 26.7 Å². The standard InChI is InChI=1S/C14H22N2O/c1-14(2,9-15)10-16-12-5-6-13-11(8-12)4-3-7-17-13/h5-6,8,16H,3-4,7,9-10,15H2,1-2H3. The third-order valence-electron chi connectivity index (χ3n) is 3.23. The summed E-state index contributed by atoms with van der Waals surface area (Å²) >= 11 is 0. The van der Waals surface area contributed by atoms with Crippen molar-refractivity contribution >= 4 is 5.69 Å². The van der Waals surface area contributed by atoms with E-state index in [0.29, 0.717) is 6.54 Å². The summed E-state index contributed by atoms with van der Waals surface area (Å²) in [6.07, 6.45) is 2.23. The van der Waals surface area contributed by atoms with E-state index in [-0.39, 0.29) is 5.41 Å². The SMILES string of the molecule is CC(C)(CN)CNc1ccc2c(c1)CCCO2. The Hall–Kier alpha value is -1.22. The largest absolute Gasteiger partial charge is 0.493 e. The number of aryl methyl sites for hydroxylation is 1. The predicted molar refractivity (Wildman–Crippen MR) is 71.6 cm³/mol. The summed E-state index contributed by atoms with van der Waals surface area (Å²) in [7, 11) is 0. The van der Waals surface area contributed by atoms with Gasteiger partial charge in [0.15, 0.2) is 0 Å². The first-order valence-corrected chi connectivity index (χ1v) is 6.30. The second-order valence-electron chi connectivity index (χ2n) is 5.50. The lowest BCUT2D eigenvalue weighted by molar-refractivity contribution is 0.288. The number of nitrogens with two attached hydrogens (primary N) is 1. The molecule has 1 aliphatic rings. The van der Waals surface area contributed by atoms with E-state index in [1.165, 1.54) is 5.56 Å². The van der Waals surface area contributed by atoms with E-state index in [2.05, 4.69) is 37.4 Å². The topological polar surface area (TPSA) is 47.3 Å². The minimum absolute atomic E-state index is 0.131. The Bertz CT molecular complexity index is 388. The Labute approximate surface area is 103 Å². The molecule has 1 aromatic carbocycles. The zero-order chi connectivity index (χ0) is 12.3. The summed E-state index contributed by atoms with van der Waals surface area (Å²) in [5.41, 5.74) is 8.33. The first kappa shape index (κ1) is 12.2. The zero-order valence-corrected chi connectivity index (χ0v) is 10.8. The number of fused-ring (bicyclic) bond motifs is 1. The van der Waals surface area contributed by atoms with Crippen molar-refractivity contribution in [3.05, 3.63) is 23.8 Å². The predicted octanol–water partition coefficient (Wildman–Crippen LogP) is 2.41. The number of ether oxygens (including phenoxy) is 1. The van der Waals surface area contributed by atoms with Crippen LogP contribution in [0.5, 0.6) is 5.75 Å². The van der Waals surface area contributed by atoms with Crippen molar-refractivity contribution in [2.24, 2.45) is 11.1 Å². The van der Waals surface area contributed by atoms with Crippen LogP contribution in [0.2, 0.25) is 0 Å². The molecule has 3 heteroatoms. The van der Waals surface area contributed by atoms with Gasteiger partial charge in [-0.2, -0.15) is 0 Å². The molecule has 1 heterocycles. The van der Waals surface area contributed by atoms with Crippen LogP contribution >= 0.6 is 0 Å². The highest BCUT2D eigenvalue weighted by Crippen LogP contribution is 2.28. The van der Waals surface area contributed by atoms with Crippen LogP contribution in [0.15, 0.2) is 18.2 Å². The van der Waals surface area contributed by atoms with Crippen LogP contribution in [-0.4, -0.2) is 19.7 Å². The monoisotopic (exact) mass is 234 g/mol. The molecular weight excluding hydrogens is 212 g/mol. The van der Waals surface area contributed by atoms with Gasteiger partial charge in [0.1, 0.15) is 5.75 Å². The number of rotatable bonds is 4. The van der Waals surface area contributed by atoms with Crippen molar-refractivity contribution in [1.29, 1.82) is 0 Å². The summed E-state index contributed by atoms with van der Waals surface area (Å²) in [5, 5.41) is 3.45. The lowest BCUT2D eigenvalue weighted by Crippen LogP contribution is -2.31. The van der Waals surface area contributed by atoms with Crippen molar-refractivity contribution < 1.29 is 4.74 Å². The van der Waals surface area contributed by atoms with Crippen LogP contribution in [0, 0.1) is 5.41 Å². The Morgan fingerprint density at radius 2 is 2.24 bits per heavy atom. The number of hydrogen-bond acceptors (Lipinski definition) is 3. The van der Waals surface area contributed by atoms with Crippen LogP contribution in [0.4, 0.5) is 5.69 Å². The normalized spacial score (nSPS) is 15.0. The number of benzene rings is 1. The molecule has 0 saturated carbocycles. The molecule has 17 heavy (non-hydrogen) atoms. The molecule has 1 aromatic rings. The molecule has 0 fully saturated rings. The molecule has 0 radical (unpaired) electrons. The molecule has 2 rings (SSSR count). The van der Waals surface area contributed by atoms with Crippen molar-refractivity contribution in [3.63, 3.8) is 0 Å². The van der Waals surface area contributed by atoms with Gasteiger partial charge in [0.2, 0.25) is 0 Å². The van der Waals surface area contributed by atoms with Crippen molar-refractivity contribution in [2.75, 3.05) is 25.0 Å². The van der Waals surface area contributed by atoms with Crippen LogP contribution in [0.25, 0.3) is 0 Å². The lowest BCUT2D eigenvalue weighted by atomic mass is 9.94. The molecule has 0 bridgehead atoms. The van der Waals surface area contributed by atoms with Gasteiger partial charge < -0.3 is 15.8 Å². The maximum atomic E-state index is 5.72. The Kier molecular flexibility index (Phi) is 3.57. The van der Waals surface area contributed by atoms with Gasteiger partial charge >= 0.3 is 0 Å². The number of nitrogens with one attached hydrogen (secondary N) is 1. The van der Waals surface area contributed by atoms with Gasteiger partial charge in [-0.25, -0.2) is 0 Å². The zero-order valence-electron chi connectivity index (χ0n) is 10.8. The van der Waals surface area contributed by atoms with Gasteiger partial charge in [0.05, 0.1) is 6.61 Å². The molecule has 0 aromatic heterocycles. The van der Waals surface area contributed by atoms with Gasteiger partial charge in [-0.15, -0.1) is 0 Å². The minimum Gasteiger partial charge on any atom is -0.493 e. The molecule has 0 spiro atoms. The quantitative estimate of drug-likeness (QED) is 0.841. The summed E-state index contributed by atoms with van der Waals surface area (Å²) < 4.78 is 5.60. The number of hydrogen-bond donors (Lipinski definition) is 2. The van der Waals surface area contributed by atoms with Crippen LogP contribution in [0.3, 0.4) is 0 Å². The first-order valence-electron chi connectivity index (χ1n) is 6.30. The fourth-order valence-corrected chi connectivity index (χ4v) is 1.88. The molecular formula is C14H22N2O. The molecule has 1 aliphatic heterocycles. The first-order chi connectivity index (χ1) is 8.11. The third kappa shape index (κ3) is 3.13. The van der Waals surface area contributed by atoms with Crippen molar-refractivity contribution in [3.8, 4) is 5.75 Å². The second kappa shape index (κ2) is 4.96. The van der Waals surface area contributed by atoms with Gasteiger partial charge in [-0.3, -0.25) is 0 Å². The summed E-state index contributed by atoms with van der Waals surface area (Å²) in [4.78, 5) is 0. The maximum Gasteiger partial charge on any atom is 0.122 e. The van der Waals surface area contributed by atoms with E-state index in [4.69, 9.17) is 10.5 Å². The second-order valence-corrected chi connectivity index (χ2v) is 5.50. The van der Waals surface area contributed by atoms with Crippen molar-refractivity contribution in [1.82, 2.24) is 0 Å². The average molecular weight is 234 g/mol. The Morgan fingerprint density at radius 3 is 3.00 bits per heavy atom. The van der Waals surface area contributed by atoms with Gasteiger partial charge in [0.25, 0.3) is 0 Å². The fourth-order valence-electron chi connectivity index (χ4n) is 1.88. The fraction of sp³-hybridized carbons (Fsp3) is 0.571. The summed E-state index contributed by atoms with van der Waals surface area (Å²) in [6, 6.07) is 6.34. The smallest absolute Gasteiger partial charge is 0.122 e. The summed E-state index contributed by atoms with van der Waals surface area (Å²) in [5.74, 6) is 1.04. The van der Waals surface area contributed by atoms with E-state index in [9.17, 15) is 0 Å². The molecule has 94 valence electrons. The molecule has 0 atom stereocenters. The molecule has 0 saturated heterocycles. The van der Waals surface area contributed by atoms with E-state index < -0.39 is 0 Å². The minimum atomic E-state index is 0.131. The summed E-state index contributed by atoms with van der Waals surface area (Å²) in [6.45, 7) is 6.76. The van der Waals surface area contributed by atoms with Gasteiger partial charge in [-0.05, 0) is 48.6 Å². The van der Waals surface area contributed by atoms with Crippen LogP contribution in [0.1, 0.15) is 25.8 Å². The van der Waals surface area contributed by atoms with Gasteiger partial charge in [0, 0.05) is 12.2 Å². The Morgan fingerprint density at radius 1 is 1.41 bits per heavy atom. The van der Waals surface area contributed by atoms with Crippen LogP contribution in [-0.2, 0) is 6.42 Å². The number of anilines is 1. The van der Waals surface area contributed by atoms with Gasteiger partial charge in [-0.1, -0.05) is 13.8 Å². The van der Waals surface area contributed by atoms with E-state index in [1.807, 2.05) is 0 Å². The van der Waals surface area contributed by atoms with E-state index >= 15 is 0 Å². The molecule has 0 amide bonds. The lowest BCUT2D eigenvalue weighted by Gasteiger charge is -2.24. The third-order valence-corrected chi connectivity index (χ3v) is 3.23. The molecule has 0 aliphatic carbocycles. The molecule has 3 nitrogen and oxygen atoms in total. The maximum absolute atomic E-state index is 5.72. The molecule has 3 N–H and O–H groups in total. The van der Waals surface area contributed by atoms with E-state index in [1.54, 1.807) is 0 Å². The highest BCUT2D eigenvalue weighted by atomic mass is 16.5.